The van der Waals surface area contributed by atoms with Crippen LogP contribution in [0.15, 0.2) is 47.4 Å². The Morgan fingerprint density at radius 1 is 1.17 bits per heavy atom. The van der Waals surface area contributed by atoms with Gasteiger partial charge < -0.3 is 9.47 Å². The number of benzene rings is 1. The van der Waals surface area contributed by atoms with Crippen LogP contribution in [-0.4, -0.2) is 44.9 Å². The number of hydrogen-bond acceptors (Lipinski definition) is 5. The van der Waals surface area contributed by atoms with Crippen molar-refractivity contribution in [3.05, 3.63) is 52.9 Å². The van der Waals surface area contributed by atoms with Gasteiger partial charge in [0, 0.05) is 19.3 Å². The number of hydrogen-bond donors (Lipinski definition) is 0. The molecule has 3 rings (SSSR count). The number of aromatic nitrogens is 4. The molecule has 3 aromatic rings. The Labute approximate surface area is 168 Å². The summed E-state index contributed by atoms with van der Waals surface area (Å²) in [6.07, 6.45) is -3.81. The Morgan fingerprint density at radius 2 is 1.87 bits per heavy atom. The first-order valence-electron chi connectivity index (χ1n) is 8.83. The number of alkyl halides is 4. The second-order valence-corrected chi connectivity index (χ2v) is 6.42. The van der Waals surface area contributed by atoms with Crippen LogP contribution in [0.25, 0.3) is 17.1 Å². The average Bonchev–Trinajstić information content (AvgIpc) is 3.12. The molecule has 0 aliphatic heterocycles. The molecule has 1 atom stereocenters. The molecule has 1 unspecified atom stereocenters. The Bertz CT molecular complexity index is 1060. The van der Waals surface area contributed by atoms with Crippen molar-refractivity contribution >= 4 is 0 Å². The molecule has 0 fully saturated rings. The van der Waals surface area contributed by atoms with Gasteiger partial charge in [0.1, 0.15) is 18.5 Å². The van der Waals surface area contributed by atoms with Gasteiger partial charge in [-0.2, -0.15) is 23.3 Å². The van der Waals surface area contributed by atoms with Gasteiger partial charge in [0.25, 0.3) is 5.56 Å². The molecule has 0 bridgehead atoms. The first kappa shape index (κ1) is 21.3. The zero-order valence-electron chi connectivity index (χ0n) is 16.1. The van der Waals surface area contributed by atoms with Gasteiger partial charge in [-0.15, -0.1) is 0 Å². The summed E-state index contributed by atoms with van der Waals surface area (Å²) in [5.41, 5.74) is 0.575. The second-order valence-electron chi connectivity index (χ2n) is 6.42. The molecule has 2 aromatic heterocycles. The van der Waals surface area contributed by atoms with Gasteiger partial charge in [-0.3, -0.25) is 9.48 Å². The largest absolute Gasteiger partial charge is 0.484 e. The van der Waals surface area contributed by atoms with Crippen LogP contribution in [0, 0.1) is 0 Å². The third-order valence-electron chi connectivity index (χ3n) is 3.99. The van der Waals surface area contributed by atoms with E-state index in [2.05, 4.69) is 14.8 Å². The molecule has 1 aromatic carbocycles. The summed E-state index contributed by atoms with van der Waals surface area (Å²) in [5.74, 6) is -0.0248. The van der Waals surface area contributed by atoms with Crippen LogP contribution in [-0.2, 0) is 7.05 Å². The Morgan fingerprint density at radius 3 is 2.43 bits per heavy atom. The second kappa shape index (κ2) is 8.56. The van der Waals surface area contributed by atoms with Gasteiger partial charge in [-0.05, 0) is 37.3 Å². The first-order valence-corrected chi connectivity index (χ1v) is 8.83. The van der Waals surface area contributed by atoms with Gasteiger partial charge in [-0.1, -0.05) is 0 Å². The molecule has 2 heterocycles. The minimum absolute atomic E-state index is 0.0248. The molecule has 7 nitrogen and oxygen atoms in total. The molecule has 11 heteroatoms. The summed E-state index contributed by atoms with van der Waals surface area (Å²) >= 11 is 0. The van der Waals surface area contributed by atoms with E-state index in [0.29, 0.717) is 5.69 Å². The maximum Gasteiger partial charge on any atom is 0.422 e. The van der Waals surface area contributed by atoms with Crippen LogP contribution in [0.5, 0.6) is 11.8 Å². The van der Waals surface area contributed by atoms with Gasteiger partial charge >= 0.3 is 12.2 Å². The van der Waals surface area contributed by atoms with Crippen LogP contribution < -0.4 is 15.0 Å². The van der Waals surface area contributed by atoms with Crippen LogP contribution in [0.3, 0.4) is 0 Å². The number of ether oxygens (including phenoxy) is 2. The number of aryl methyl sites for hydroxylation is 1. The van der Waals surface area contributed by atoms with E-state index in [-0.39, 0.29) is 23.1 Å². The molecular weight excluding hydrogens is 408 g/mol. The fraction of sp³-hybridized carbons (Fsp3) is 0.316. The van der Waals surface area contributed by atoms with Crippen LogP contribution in [0.4, 0.5) is 17.6 Å². The summed E-state index contributed by atoms with van der Waals surface area (Å²) in [6, 6.07) is 8.08. The van der Waals surface area contributed by atoms with Gasteiger partial charge in [-0.25, -0.2) is 8.96 Å². The zero-order chi connectivity index (χ0) is 21.9. The van der Waals surface area contributed by atoms with Gasteiger partial charge in [0.05, 0.1) is 17.1 Å². The molecule has 0 saturated heterocycles. The van der Waals surface area contributed by atoms with E-state index < -0.39 is 31.1 Å². The van der Waals surface area contributed by atoms with Crippen molar-refractivity contribution in [2.75, 3.05) is 13.3 Å². The molecule has 0 aliphatic rings. The van der Waals surface area contributed by atoms with Crippen molar-refractivity contribution in [2.24, 2.45) is 7.05 Å². The molecule has 0 N–H and O–H groups in total. The highest BCUT2D eigenvalue weighted by atomic mass is 19.4. The van der Waals surface area contributed by atoms with E-state index in [4.69, 9.17) is 4.74 Å². The van der Waals surface area contributed by atoms with Crippen LogP contribution in [0.2, 0.25) is 0 Å². The van der Waals surface area contributed by atoms with E-state index >= 15 is 0 Å². The SMILES string of the molecule is CC(CF)Oc1nc(-c2ccnn2C)cc(=O)n1-c1ccc(OCC(F)(F)F)cc1. The molecule has 0 spiro atoms. The van der Waals surface area contributed by atoms with Crippen molar-refractivity contribution in [2.45, 2.75) is 19.2 Å². The van der Waals surface area contributed by atoms with Crippen molar-refractivity contribution in [1.82, 2.24) is 19.3 Å². The first-order chi connectivity index (χ1) is 14.2. The third-order valence-corrected chi connectivity index (χ3v) is 3.99. The molecule has 0 amide bonds. The van der Waals surface area contributed by atoms with Crippen LogP contribution >= 0.6 is 0 Å². The lowest BCUT2D eigenvalue weighted by Gasteiger charge is -2.17. The van der Waals surface area contributed by atoms with E-state index in [1.54, 1.807) is 13.1 Å². The van der Waals surface area contributed by atoms with E-state index in [1.165, 1.54) is 48.1 Å². The Hall–Kier alpha value is -3.37. The summed E-state index contributed by atoms with van der Waals surface area (Å²) in [6.45, 7) is -0.771. The normalized spacial score (nSPS) is 12.6. The molecule has 30 heavy (non-hydrogen) atoms. The minimum Gasteiger partial charge on any atom is -0.484 e. The standard InChI is InChI=1S/C19H18F4N4O3/c1-12(10-20)30-18-25-15(16-7-8-24-26(16)2)9-17(28)27(18)13-3-5-14(6-4-13)29-11-19(21,22)23/h3-9,12H,10-11H2,1-2H3. The molecule has 0 aliphatic carbocycles. The van der Waals surface area contributed by atoms with Crippen molar-refractivity contribution in [3.8, 4) is 28.8 Å². The highest BCUT2D eigenvalue weighted by Crippen LogP contribution is 2.23. The topological polar surface area (TPSA) is 71.2 Å². The van der Waals surface area contributed by atoms with Crippen molar-refractivity contribution < 1.29 is 27.0 Å². The number of rotatable bonds is 7. The highest BCUT2D eigenvalue weighted by molar-refractivity contribution is 5.54. The minimum atomic E-state index is -4.47. The fourth-order valence-electron chi connectivity index (χ4n) is 2.60. The monoisotopic (exact) mass is 426 g/mol. The van der Waals surface area contributed by atoms with E-state index in [1.807, 2.05) is 0 Å². The van der Waals surface area contributed by atoms with E-state index in [9.17, 15) is 22.4 Å². The molecule has 0 radical (unpaired) electrons. The van der Waals surface area contributed by atoms with E-state index in [0.717, 1.165) is 4.57 Å². The maximum absolute atomic E-state index is 13.0. The maximum atomic E-state index is 13.0. The molecule has 0 saturated carbocycles. The predicted octanol–water partition coefficient (Wildman–Crippen LogP) is 3.31. The summed E-state index contributed by atoms with van der Waals surface area (Å²) < 4.78 is 62.7. The summed E-state index contributed by atoms with van der Waals surface area (Å²) in [7, 11) is 1.67. The highest BCUT2D eigenvalue weighted by Gasteiger charge is 2.28. The van der Waals surface area contributed by atoms with Gasteiger partial charge in [0.15, 0.2) is 6.61 Å². The predicted molar refractivity (Wildman–Crippen MR) is 99.7 cm³/mol. The number of halogens is 4. The Kier molecular flexibility index (Phi) is 6.09. The third kappa shape index (κ3) is 4.97. The quantitative estimate of drug-likeness (QED) is 0.542. The molecular formula is C19H18F4N4O3. The lowest BCUT2D eigenvalue weighted by molar-refractivity contribution is -0.153. The summed E-state index contributed by atoms with van der Waals surface area (Å²) in [4.78, 5) is 17.1. The fourth-order valence-corrected chi connectivity index (χ4v) is 2.60. The number of nitrogens with zero attached hydrogens (tertiary/aromatic N) is 4. The smallest absolute Gasteiger partial charge is 0.422 e. The zero-order valence-corrected chi connectivity index (χ0v) is 16.1. The van der Waals surface area contributed by atoms with Crippen molar-refractivity contribution in [1.29, 1.82) is 0 Å². The lowest BCUT2D eigenvalue weighted by Crippen LogP contribution is -2.25. The lowest BCUT2D eigenvalue weighted by atomic mass is 10.2. The van der Waals surface area contributed by atoms with Crippen molar-refractivity contribution in [3.63, 3.8) is 0 Å². The van der Waals surface area contributed by atoms with Crippen LogP contribution in [0.1, 0.15) is 6.92 Å². The average molecular weight is 426 g/mol. The van der Waals surface area contributed by atoms with Gasteiger partial charge in [0.2, 0.25) is 0 Å². The molecule has 160 valence electrons. The Balaban J connectivity index is 2.00. The summed E-state index contributed by atoms with van der Waals surface area (Å²) in [5, 5.41) is 4.03.